The highest BCUT2D eigenvalue weighted by Crippen LogP contribution is 2.30. The minimum Gasteiger partial charge on any atom is -0.353 e. The van der Waals surface area contributed by atoms with Crippen LogP contribution < -0.4 is 5.32 Å². The summed E-state index contributed by atoms with van der Waals surface area (Å²) in [4.78, 5) is 15.3. The van der Waals surface area contributed by atoms with Gasteiger partial charge in [-0.05, 0) is 57.4 Å². The predicted octanol–water partition coefficient (Wildman–Crippen LogP) is 3.99. The van der Waals surface area contributed by atoms with Crippen LogP contribution in [-0.2, 0) is 17.9 Å². The lowest BCUT2D eigenvalue weighted by Gasteiger charge is -2.24. The van der Waals surface area contributed by atoms with Gasteiger partial charge < -0.3 is 9.88 Å². The normalized spacial score (nSPS) is 15.5. The SMILES string of the molecule is CC(C)NC(=O)CN(C)Cn1nc(Cc2cccs2)n(C2CCCCC2)c1=S. The Kier molecular flexibility index (Phi) is 7.42. The maximum absolute atomic E-state index is 12.1. The van der Waals surface area contributed by atoms with Crippen molar-refractivity contribution in [1.82, 2.24) is 24.6 Å². The highest BCUT2D eigenvalue weighted by Gasteiger charge is 2.22. The lowest BCUT2D eigenvalue weighted by molar-refractivity contribution is -0.122. The van der Waals surface area contributed by atoms with Gasteiger partial charge in [-0.15, -0.1) is 11.3 Å². The Balaban J connectivity index is 1.80. The van der Waals surface area contributed by atoms with Crippen molar-refractivity contribution < 1.29 is 4.79 Å². The van der Waals surface area contributed by atoms with E-state index in [0.29, 0.717) is 19.3 Å². The number of carbonyl (C=O) groups is 1. The quantitative estimate of drug-likeness (QED) is 0.655. The average molecular weight is 422 g/mol. The Morgan fingerprint density at radius 2 is 2.14 bits per heavy atom. The third kappa shape index (κ3) is 5.52. The number of hydrogen-bond donors (Lipinski definition) is 1. The van der Waals surface area contributed by atoms with E-state index in [1.807, 2.05) is 30.5 Å². The summed E-state index contributed by atoms with van der Waals surface area (Å²) in [6.07, 6.45) is 6.97. The van der Waals surface area contributed by atoms with Crippen LogP contribution in [0.4, 0.5) is 0 Å². The zero-order valence-corrected chi connectivity index (χ0v) is 18.7. The van der Waals surface area contributed by atoms with Gasteiger partial charge in [-0.3, -0.25) is 9.69 Å². The molecule has 1 saturated carbocycles. The van der Waals surface area contributed by atoms with Crippen LogP contribution in [0.5, 0.6) is 0 Å². The van der Waals surface area contributed by atoms with Crippen LogP contribution in [0.2, 0.25) is 0 Å². The van der Waals surface area contributed by atoms with Gasteiger partial charge in [-0.2, -0.15) is 5.10 Å². The van der Waals surface area contributed by atoms with E-state index in [0.717, 1.165) is 17.0 Å². The number of carbonyl (C=O) groups excluding carboxylic acids is 1. The molecule has 2 aromatic heterocycles. The number of likely N-dealkylation sites (N-methyl/N-ethyl adjacent to an activating group) is 1. The van der Waals surface area contributed by atoms with Gasteiger partial charge in [0.1, 0.15) is 5.82 Å². The Labute approximate surface area is 176 Å². The topological polar surface area (TPSA) is 55.1 Å². The summed E-state index contributed by atoms with van der Waals surface area (Å²) in [6.45, 7) is 4.78. The number of nitrogens with one attached hydrogen (secondary N) is 1. The molecule has 0 atom stereocenters. The zero-order chi connectivity index (χ0) is 20.1. The summed E-state index contributed by atoms with van der Waals surface area (Å²) in [7, 11) is 1.93. The van der Waals surface area contributed by atoms with Gasteiger partial charge in [0.15, 0.2) is 4.77 Å². The van der Waals surface area contributed by atoms with Crippen molar-refractivity contribution in [3.8, 4) is 0 Å². The Bertz CT molecular complexity index is 818. The van der Waals surface area contributed by atoms with Crippen LogP contribution in [0.1, 0.15) is 62.7 Å². The number of amides is 1. The Morgan fingerprint density at radius 3 is 2.79 bits per heavy atom. The van der Waals surface area contributed by atoms with Crippen LogP contribution in [0, 0.1) is 4.77 Å². The number of nitrogens with zero attached hydrogens (tertiary/aromatic N) is 4. The van der Waals surface area contributed by atoms with E-state index in [1.54, 1.807) is 11.3 Å². The van der Waals surface area contributed by atoms with Gasteiger partial charge in [0.05, 0.1) is 13.2 Å². The van der Waals surface area contributed by atoms with E-state index in [1.165, 1.54) is 37.0 Å². The van der Waals surface area contributed by atoms with Gasteiger partial charge >= 0.3 is 0 Å². The van der Waals surface area contributed by atoms with Gasteiger partial charge in [-0.1, -0.05) is 25.3 Å². The molecule has 0 saturated heterocycles. The molecule has 1 fully saturated rings. The van der Waals surface area contributed by atoms with E-state index in [9.17, 15) is 4.79 Å². The monoisotopic (exact) mass is 421 g/mol. The van der Waals surface area contributed by atoms with Gasteiger partial charge in [0.25, 0.3) is 0 Å². The smallest absolute Gasteiger partial charge is 0.234 e. The van der Waals surface area contributed by atoms with Crippen molar-refractivity contribution in [2.45, 2.75) is 71.1 Å². The van der Waals surface area contributed by atoms with Crippen LogP contribution in [0.3, 0.4) is 0 Å². The molecule has 0 unspecified atom stereocenters. The van der Waals surface area contributed by atoms with Crippen LogP contribution in [0.25, 0.3) is 0 Å². The standard InChI is InChI=1S/C20H31N5OS2/c1-15(2)21-19(26)13-23(3)14-24-20(27)25(16-8-5-4-6-9-16)18(22-24)12-17-10-7-11-28-17/h7,10-11,15-16H,4-6,8-9,12-14H2,1-3H3,(H,21,26). The fourth-order valence-electron chi connectivity index (χ4n) is 3.84. The molecule has 0 aliphatic heterocycles. The first kappa shape index (κ1) is 21.2. The summed E-state index contributed by atoms with van der Waals surface area (Å²) in [5, 5.41) is 9.91. The van der Waals surface area contributed by atoms with Crippen LogP contribution >= 0.6 is 23.6 Å². The first-order chi connectivity index (χ1) is 13.4. The fraction of sp³-hybridized carbons (Fsp3) is 0.650. The molecule has 1 aliphatic carbocycles. The van der Waals surface area contributed by atoms with Crippen molar-refractivity contribution >= 4 is 29.5 Å². The van der Waals surface area contributed by atoms with E-state index in [2.05, 4.69) is 27.4 Å². The second kappa shape index (κ2) is 9.80. The van der Waals surface area contributed by atoms with Crippen molar-refractivity contribution in [3.63, 3.8) is 0 Å². The maximum atomic E-state index is 12.1. The summed E-state index contributed by atoms with van der Waals surface area (Å²) in [6, 6.07) is 4.82. The minimum atomic E-state index is 0.0227. The second-order valence-corrected chi connectivity index (χ2v) is 9.39. The van der Waals surface area contributed by atoms with E-state index in [-0.39, 0.29) is 11.9 Å². The Hall–Kier alpha value is -1.51. The molecule has 1 N–H and O–H groups in total. The largest absolute Gasteiger partial charge is 0.353 e. The van der Waals surface area contributed by atoms with Gasteiger partial charge in [0, 0.05) is 23.4 Å². The van der Waals surface area contributed by atoms with Crippen LogP contribution in [-0.4, -0.2) is 44.8 Å². The third-order valence-electron chi connectivity index (χ3n) is 5.03. The molecule has 28 heavy (non-hydrogen) atoms. The minimum absolute atomic E-state index is 0.0227. The van der Waals surface area contributed by atoms with Gasteiger partial charge in [0.2, 0.25) is 5.91 Å². The van der Waals surface area contributed by atoms with Crippen molar-refractivity contribution in [2.75, 3.05) is 13.6 Å². The molecular weight excluding hydrogens is 390 g/mol. The lowest BCUT2D eigenvalue weighted by Crippen LogP contribution is -2.39. The molecule has 0 radical (unpaired) electrons. The number of rotatable bonds is 8. The summed E-state index contributed by atoms with van der Waals surface area (Å²) in [5.74, 6) is 1.06. The molecule has 6 nitrogen and oxygen atoms in total. The first-order valence-electron chi connectivity index (χ1n) is 10.1. The zero-order valence-electron chi connectivity index (χ0n) is 17.1. The molecule has 8 heteroatoms. The van der Waals surface area contributed by atoms with Crippen molar-refractivity contribution in [2.24, 2.45) is 0 Å². The molecule has 1 amide bonds. The number of thiophene rings is 1. The molecule has 2 heterocycles. The number of hydrogen-bond acceptors (Lipinski definition) is 5. The van der Waals surface area contributed by atoms with Crippen LogP contribution in [0.15, 0.2) is 17.5 Å². The maximum Gasteiger partial charge on any atom is 0.234 e. The van der Waals surface area contributed by atoms with E-state index >= 15 is 0 Å². The second-order valence-electron chi connectivity index (χ2n) is 7.99. The van der Waals surface area contributed by atoms with Crippen molar-refractivity contribution in [3.05, 3.63) is 33.0 Å². The third-order valence-corrected chi connectivity index (χ3v) is 6.32. The molecule has 154 valence electrons. The van der Waals surface area contributed by atoms with E-state index < -0.39 is 0 Å². The highest BCUT2D eigenvalue weighted by atomic mass is 32.1. The molecule has 1 aliphatic rings. The van der Waals surface area contributed by atoms with Gasteiger partial charge in [-0.25, -0.2) is 4.68 Å². The first-order valence-corrected chi connectivity index (χ1v) is 11.4. The lowest BCUT2D eigenvalue weighted by atomic mass is 9.95. The summed E-state index contributed by atoms with van der Waals surface area (Å²) in [5.41, 5.74) is 0. The predicted molar refractivity (Wildman–Crippen MR) is 116 cm³/mol. The molecule has 0 spiro atoms. The average Bonchev–Trinajstić information content (AvgIpc) is 3.24. The highest BCUT2D eigenvalue weighted by molar-refractivity contribution is 7.71. The Morgan fingerprint density at radius 1 is 1.39 bits per heavy atom. The molecule has 2 aromatic rings. The molecule has 0 bridgehead atoms. The summed E-state index contributed by atoms with van der Waals surface area (Å²) < 4.78 is 4.95. The molecule has 3 rings (SSSR count). The molecule has 0 aromatic carbocycles. The fourth-order valence-corrected chi connectivity index (χ4v) is 4.90. The van der Waals surface area contributed by atoms with E-state index in [4.69, 9.17) is 17.3 Å². The molecular formula is C20H31N5OS2. The summed E-state index contributed by atoms with van der Waals surface area (Å²) >= 11 is 7.59. The van der Waals surface area contributed by atoms with Crippen molar-refractivity contribution in [1.29, 1.82) is 0 Å². The number of aromatic nitrogens is 3.